The number of benzene rings is 1. The lowest BCUT2D eigenvalue weighted by Gasteiger charge is -2.30. The number of nitrogens with zero attached hydrogens (tertiary/aromatic N) is 1. The molecule has 2 rings (SSSR count). The molecule has 0 unspecified atom stereocenters. The Hall–Kier alpha value is -1.44. The first-order chi connectivity index (χ1) is 11.4. The van der Waals surface area contributed by atoms with Crippen LogP contribution in [0.15, 0.2) is 18.2 Å². The first-order valence-electron chi connectivity index (χ1n) is 8.19. The van der Waals surface area contributed by atoms with Gasteiger partial charge in [0.15, 0.2) is 0 Å². The second-order valence-corrected chi connectivity index (χ2v) is 6.63. The summed E-state index contributed by atoms with van der Waals surface area (Å²) in [5.41, 5.74) is 3.40. The Balaban J connectivity index is 2.16. The fraction of sp³-hybridized carbons (Fsp3) is 0.556. The van der Waals surface area contributed by atoms with Crippen LogP contribution in [0.1, 0.15) is 16.8 Å². The van der Waals surface area contributed by atoms with Crippen molar-refractivity contribution in [2.75, 3.05) is 26.4 Å². The number of nitrogens with one attached hydrogen (secondary N) is 1. The minimum atomic E-state index is -1.18. The van der Waals surface area contributed by atoms with Crippen molar-refractivity contribution < 1.29 is 20.4 Å². The lowest BCUT2D eigenvalue weighted by atomic mass is 10.0. The van der Waals surface area contributed by atoms with Gasteiger partial charge in [-0.05, 0) is 38.5 Å². The molecule has 24 heavy (non-hydrogen) atoms. The van der Waals surface area contributed by atoms with Gasteiger partial charge < -0.3 is 30.3 Å². The molecule has 2 aromatic rings. The number of fused-ring (bicyclic) bond motifs is 1. The Bertz CT molecular complexity index is 684. The van der Waals surface area contributed by atoms with E-state index < -0.39 is 31.5 Å². The third-order valence-corrected chi connectivity index (χ3v) is 4.81. The largest absolute Gasteiger partial charge is 0.394 e. The van der Waals surface area contributed by atoms with Crippen molar-refractivity contribution in [3.8, 4) is 0 Å². The molecule has 0 radical (unpaired) electrons. The lowest BCUT2D eigenvalue weighted by molar-refractivity contribution is 0.0306. The van der Waals surface area contributed by atoms with Crippen molar-refractivity contribution in [1.29, 1.82) is 0 Å². The number of aliphatic hydroxyl groups excluding tert-OH is 4. The number of hydrogen-bond donors (Lipinski definition) is 5. The van der Waals surface area contributed by atoms with Crippen LogP contribution in [0.25, 0.3) is 10.9 Å². The van der Waals surface area contributed by atoms with E-state index >= 15 is 0 Å². The summed E-state index contributed by atoms with van der Waals surface area (Å²) in [7, 11) is 0. The summed E-state index contributed by atoms with van der Waals surface area (Å²) in [4.78, 5) is 0. The van der Waals surface area contributed by atoms with Gasteiger partial charge in [-0.15, -0.1) is 0 Å². The predicted molar refractivity (Wildman–Crippen MR) is 94.1 cm³/mol. The minimum absolute atomic E-state index is 0.158. The number of β-amino-alcohol motifs (C(OH)–C–C–N with tert-alkyl or cyclic N) is 1. The maximum absolute atomic E-state index is 10.4. The highest BCUT2D eigenvalue weighted by Gasteiger charge is 2.28. The van der Waals surface area contributed by atoms with E-state index in [4.69, 9.17) is 0 Å². The van der Waals surface area contributed by atoms with Crippen molar-refractivity contribution in [3.05, 3.63) is 35.0 Å². The van der Waals surface area contributed by atoms with Crippen LogP contribution in [0.4, 0.5) is 0 Å². The maximum atomic E-state index is 10.4. The third-order valence-electron chi connectivity index (χ3n) is 4.81. The molecule has 0 spiro atoms. The van der Waals surface area contributed by atoms with Crippen LogP contribution in [-0.2, 0) is 6.54 Å². The highest BCUT2D eigenvalue weighted by atomic mass is 16.3. The fourth-order valence-electron chi connectivity index (χ4n) is 2.93. The molecule has 1 heterocycles. The average molecular weight is 336 g/mol. The summed E-state index contributed by atoms with van der Waals surface area (Å²) < 4.78 is 2.08. The van der Waals surface area contributed by atoms with Crippen LogP contribution in [0.5, 0.6) is 0 Å². The number of hydrogen-bond acceptors (Lipinski definition) is 5. The summed E-state index contributed by atoms with van der Waals surface area (Å²) in [6, 6.07) is 6.26. The predicted octanol–water partition coefficient (Wildman–Crippen LogP) is 0.233. The molecule has 1 atom stereocenters. The Morgan fingerprint density at radius 1 is 1.08 bits per heavy atom. The Morgan fingerprint density at radius 2 is 1.71 bits per heavy atom. The van der Waals surface area contributed by atoms with Gasteiger partial charge in [-0.2, -0.15) is 0 Å². The van der Waals surface area contributed by atoms with Gasteiger partial charge in [0.05, 0.1) is 38.0 Å². The molecule has 0 saturated heterocycles. The van der Waals surface area contributed by atoms with E-state index in [1.54, 1.807) is 0 Å². The highest BCUT2D eigenvalue weighted by molar-refractivity contribution is 5.85. The number of rotatable bonds is 8. The SMILES string of the molecule is Cc1ccc2c(c1)c(C)c(C)n2C[C@@H](O)CNC(CO)(CO)CO. The molecule has 0 bridgehead atoms. The first kappa shape index (κ1) is 18.9. The summed E-state index contributed by atoms with van der Waals surface area (Å²) in [6.07, 6.45) is -0.718. The molecule has 0 aliphatic carbocycles. The minimum Gasteiger partial charge on any atom is -0.394 e. The van der Waals surface area contributed by atoms with Crippen molar-refractivity contribution in [2.24, 2.45) is 0 Å². The second-order valence-electron chi connectivity index (χ2n) is 6.63. The summed E-state index contributed by atoms with van der Waals surface area (Å²) in [5.74, 6) is 0. The molecular formula is C18H28N2O4. The van der Waals surface area contributed by atoms with Gasteiger partial charge in [-0.25, -0.2) is 0 Å². The van der Waals surface area contributed by atoms with Gasteiger partial charge in [-0.1, -0.05) is 11.6 Å². The normalized spacial score (nSPS) is 13.6. The van der Waals surface area contributed by atoms with Crippen molar-refractivity contribution >= 4 is 10.9 Å². The van der Waals surface area contributed by atoms with Crippen LogP contribution in [-0.4, -0.2) is 63.0 Å². The molecule has 1 aromatic heterocycles. The number of aliphatic hydroxyl groups is 4. The van der Waals surface area contributed by atoms with E-state index in [1.165, 1.54) is 16.5 Å². The molecule has 0 aliphatic heterocycles. The molecule has 1 aromatic carbocycles. The molecule has 0 fully saturated rings. The Labute approximate surface area is 142 Å². The summed E-state index contributed by atoms with van der Waals surface area (Å²) >= 11 is 0. The van der Waals surface area contributed by atoms with Crippen LogP contribution in [0, 0.1) is 20.8 Å². The van der Waals surface area contributed by atoms with Gasteiger partial charge >= 0.3 is 0 Å². The van der Waals surface area contributed by atoms with E-state index in [0.717, 1.165) is 11.2 Å². The van der Waals surface area contributed by atoms with Crippen LogP contribution >= 0.6 is 0 Å². The van der Waals surface area contributed by atoms with Crippen LogP contribution in [0.3, 0.4) is 0 Å². The topological polar surface area (TPSA) is 97.9 Å². The zero-order chi connectivity index (χ0) is 17.9. The maximum Gasteiger partial charge on any atom is 0.0882 e. The first-order valence-corrected chi connectivity index (χ1v) is 8.19. The third kappa shape index (κ3) is 3.63. The molecular weight excluding hydrogens is 308 g/mol. The smallest absolute Gasteiger partial charge is 0.0882 e. The van der Waals surface area contributed by atoms with Crippen molar-refractivity contribution in [2.45, 2.75) is 39.0 Å². The van der Waals surface area contributed by atoms with E-state index in [9.17, 15) is 20.4 Å². The molecule has 0 aliphatic rings. The van der Waals surface area contributed by atoms with Crippen molar-refractivity contribution in [3.63, 3.8) is 0 Å². The van der Waals surface area contributed by atoms with Crippen molar-refractivity contribution in [1.82, 2.24) is 9.88 Å². The van der Waals surface area contributed by atoms with Gasteiger partial charge in [0, 0.05) is 23.1 Å². The van der Waals surface area contributed by atoms with Gasteiger partial charge in [0.25, 0.3) is 0 Å². The van der Waals surface area contributed by atoms with E-state index in [0.29, 0.717) is 6.54 Å². The van der Waals surface area contributed by atoms with Gasteiger partial charge in [-0.3, -0.25) is 0 Å². The molecule has 134 valence electrons. The molecule has 6 heteroatoms. The average Bonchev–Trinajstić information content (AvgIpc) is 2.81. The van der Waals surface area contributed by atoms with Gasteiger partial charge in [0.1, 0.15) is 0 Å². The zero-order valence-corrected chi connectivity index (χ0v) is 14.6. The van der Waals surface area contributed by atoms with E-state index in [1.807, 2.05) is 6.92 Å². The fourth-order valence-corrected chi connectivity index (χ4v) is 2.93. The number of aromatic nitrogens is 1. The quantitative estimate of drug-likeness (QED) is 0.475. The summed E-state index contributed by atoms with van der Waals surface area (Å²) in [6.45, 7) is 5.50. The zero-order valence-electron chi connectivity index (χ0n) is 14.6. The summed E-state index contributed by atoms with van der Waals surface area (Å²) in [5, 5.41) is 42.4. The lowest BCUT2D eigenvalue weighted by Crippen LogP contribution is -2.56. The standard InChI is InChI=1S/C18H28N2O4/c1-12-4-5-17-16(6-12)13(2)14(3)20(17)8-15(24)7-19-18(9-21,10-22)11-23/h4-6,15,19,21-24H,7-11H2,1-3H3/t15-/m0/s1. The highest BCUT2D eigenvalue weighted by Crippen LogP contribution is 2.26. The second kappa shape index (κ2) is 7.63. The van der Waals surface area contributed by atoms with E-state index in [-0.39, 0.29) is 6.54 Å². The molecule has 0 amide bonds. The van der Waals surface area contributed by atoms with Gasteiger partial charge in [0.2, 0.25) is 0 Å². The monoisotopic (exact) mass is 336 g/mol. The van der Waals surface area contributed by atoms with Crippen LogP contribution in [0.2, 0.25) is 0 Å². The molecule has 5 N–H and O–H groups in total. The number of aryl methyl sites for hydroxylation is 2. The Morgan fingerprint density at radius 3 is 2.29 bits per heavy atom. The molecule has 6 nitrogen and oxygen atoms in total. The van der Waals surface area contributed by atoms with Crippen LogP contribution < -0.4 is 5.32 Å². The van der Waals surface area contributed by atoms with E-state index in [2.05, 4.69) is 41.9 Å². The Kier molecular flexibility index (Phi) is 6.01. The molecule has 0 saturated carbocycles.